The predicted molar refractivity (Wildman–Crippen MR) is 85.8 cm³/mol. The predicted octanol–water partition coefficient (Wildman–Crippen LogP) is 2.76. The molecule has 0 spiro atoms. The van der Waals surface area contributed by atoms with Crippen molar-refractivity contribution in [1.29, 1.82) is 0 Å². The van der Waals surface area contributed by atoms with Gasteiger partial charge in [-0.05, 0) is 32.3 Å². The number of benzene rings is 1. The van der Waals surface area contributed by atoms with Crippen molar-refractivity contribution in [3.05, 3.63) is 28.6 Å². The maximum atomic E-state index is 13.0. The lowest BCUT2D eigenvalue weighted by atomic mass is 10.2. The number of carboxylic acids is 1. The number of aliphatic carboxylic acids is 1. The molecule has 1 aliphatic heterocycles. The van der Waals surface area contributed by atoms with Crippen LogP contribution in [0.1, 0.15) is 23.3 Å². The first-order chi connectivity index (χ1) is 10.3. The zero-order valence-corrected chi connectivity index (χ0v) is 14.0. The Bertz CT molecular complexity index is 854. The molecule has 1 aliphatic rings. The highest BCUT2D eigenvalue weighted by molar-refractivity contribution is 7.89. The van der Waals surface area contributed by atoms with Crippen molar-refractivity contribution < 1.29 is 18.3 Å². The fourth-order valence-corrected chi connectivity index (χ4v) is 6.54. The number of thiophene rings is 1. The van der Waals surface area contributed by atoms with Crippen LogP contribution in [0.15, 0.2) is 23.1 Å². The van der Waals surface area contributed by atoms with Gasteiger partial charge >= 0.3 is 5.97 Å². The maximum absolute atomic E-state index is 13.0. The van der Waals surface area contributed by atoms with Gasteiger partial charge in [-0.2, -0.15) is 4.31 Å². The molecule has 2 heterocycles. The molecule has 0 unspecified atom stereocenters. The first kappa shape index (κ1) is 15.5. The number of hydrogen-bond donors (Lipinski definition) is 1. The standard InChI is InChI=1S/C15H17NO4S2/c1-9-5-3-6-11-13(9)21-10(2)14(11)22(19,20)16-8-4-7-12(16)15(17)18/h3,5-6,12H,4,7-8H2,1-2H3,(H,17,18)/t12-/m1/s1. The quantitative estimate of drug-likeness (QED) is 0.933. The third kappa shape index (κ3) is 2.24. The monoisotopic (exact) mass is 339 g/mol. The second kappa shape index (κ2) is 5.33. The summed E-state index contributed by atoms with van der Waals surface area (Å²) in [5.41, 5.74) is 1.03. The molecule has 1 fully saturated rings. The van der Waals surface area contributed by atoms with Gasteiger partial charge in [0.05, 0.1) is 0 Å². The van der Waals surface area contributed by atoms with Crippen LogP contribution in [0.4, 0.5) is 0 Å². The van der Waals surface area contributed by atoms with Crippen LogP contribution < -0.4 is 0 Å². The lowest BCUT2D eigenvalue weighted by Crippen LogP contribution is -2.40. The number of carboxylic acid groups (broad SMARTS) is 1. The Kier molecular flexibility index (Phi) is 3.74. The molecule has 0 bridgehead atoms. The fourth-order valence-electron chi connectivity index (χ4n) is 3.07. The molecule has 0 aliphatic carbocycles. The molecular formula is C15H17NO4S2. The van der Waals surface area contributed by atoms with Crippen molar-refractivity contribution in [2.24, 2.45) is 0 Å². The average Bonchev–Trinajstić information content (AvgIpc) is 3.03. The number of carbonyl (C=O) groups is 1. The lowest BCUT2D eigenvalue weighted by molar-refractivity contribution is -0.140. The van der Waals surface area contributed by atoms with Gasteiger partial charge in [-0.1, -0.05) is 18.2 Å². The van der Waals surface area contributed by atoms with E-state index in [2.05, 4.69) is 0 Å². The van der Waals surface area contributed by atoms with Crippen LogP contribution in [-0.4, -0.2) is 36.4 Å². The Morgan fingerprint density at radius 2 is 2.09 bits per heavy atom. The van der Waals surface area contributed by atoms with Gasteiger partial charge in [-0.3, -0.25) is 4.79 Å². The Morgan fingerprint density at radius 1 is 1.36 bits per heavy atom. The Morgan fingerprint density at radius 3 is 2.77 bits per heavy atom. The number of fused-ring (bicyclic) bond motifs is 1. The summed E-state index contributed by atoms with van der Waals surface area (Å²) < 4.78 is 28.1. The number of sulfonamides is 1. The van der Waals surface area contributed by atoms with Crippen molar-refractivity contribution >= 4 is 37.4 Å². The molecule has 5 nitrogen and oxygen atoms in total. The highest BCUT2D eigenvalue weighted by Crippen LogP contribution is 2.39. The molecule has 1 N–H and O–H groups in total. The highest BCUT2D eigenvalue weighted by atomic mass is 32.2. The summed E-state index contributed by atoms with van der Waals surface area (Å²) in [6, 6.07) is 4.63. The number of rotatable bonds is 3. The van der Waals surface area contributed by atoms with E-state index in [9.17, 15) is 18.3 Å². The smallest absolute Gasteiger partial charge is 0.322 e. The van der Waals surface area contributed by atoms with E-state index < -0.39 is 22.0 Å². The first-order valence-electron chi connectivity index (χ1n) is 7.07. The summed E-state index contributed by atoms with van der Waals surface area (Å²) in [4.78, 5) is 12.3. The van der Waals surface area contributed by atoms with Gasteiger partial charge in [-0.25, -0.2) is 8.42 Å². The van der Waals surface area contributed by atoms with Crippen molar-refractivity contribution in [2.75, 3.05) is 6.54 Å². The highest BCUT2D eigenvalue weighted by Gasteiger charge is 2.41. The minimum atomic E-state index is -3.80. The van der Waals surface area contributed by atoms with E-state index in [1.165, 1.54) is 11.3 Å². The topological polar surface area (TPSA) is 74.7 Å². The van der Waals surface area contributed by atoms with Gasteiger partial charge < -0.3 is 5.11 Å². The van der Waals surface area contributed by atoms with Crippen LogP contribution in [0.5, 0.6) is 0 Å². The van der Waals surface area contributed by atoms with E-state index in [1.54, 1.807) is 13.0 Å². The van der Waals surface area contributed by atoms with E-state index in [1.807, 2.05) is 19.1 Å². The van der Waals surface area contributed by atoms with Crippen molar-refractivity contribution in [3.63, 3.8) is 0 Å². The van der Waals surface area contributed by atoms with Gasteiger partial charge in [0.25, 0.3) is 0 Å². The molecular weight excluding hydrogens is 322 g/mol. The molecule has 22 heavy (non-hydrogen) atoms. The van der Waals surface area contributed by atoms with E-state index >= 15 is 0 Å². The van der Waals surface area contributed by atoms with Crippen molar-refractivity contribution in [2.45, 2.75) is 37.6 Å². The van der Waals surface area contributed by atoms with Crippen molar-refractivity contribution in [1.82, 2.24) is 4.31 Å². The third-order valence-electron chi connectivity index (χ3n) is 4.09. The molecule has 0 saturated carbocycles. The third-order valence-corrected chi connectivity index (χ3v) is 7.57. The summed E-state index contributed by atoms with van der Waals surface area (Å²) in [6.45, 7) is 4.00. The Balaban J connectivity index is 2.20. The first-order valence-corrected chi connectivity index (χ1v) is 9.33. The Hall–Kier alpha value is -1.44. The van der Waals surface area contributed by atoms with Crippen LogP contribution in [0, 0.1) is 13.8 Å². The summed E-state index contributed by atoms with van der Waals surface area (Å²) in [7, 11) is -3.80. The lowest BCUT2D eigenvalue weighted by Gasteiger charge is -2.21. The molecule has 0 radical (unpaired) electrons. The average molecular weight is 339 g/mol. The fraction of sp³-hybridized carbons (Fsp3) is 0.400. The van der Waals surface area contributed by atoms with Crippen LogP contribution in [0.3, 0.4) is 0 Å². The van der Waals surface area contributed by atoms with Crippen molar-refractivity contribution in [3.8, 4) is 0 Å². The minimum absolute atomic E-state index is 0.266. The summed E-state index contributed by atoms with van der Waals surface area (Å²) in [5, 5.41) is 9.96. The number of nitrogens with zero attached hydrogens (tertiary/aromatic N) is 1. The van der Waals surface area contributed by atoms with Gasteiger partial charge in [-0.15, -0.1) is 11.3 Å². The maximum Gasteiger partial charge on any atom is 0.322 e. The summed E-state index contributed by atoms with van der Waals surface area (Å²) in [5.74, 6) is -1.07. The van der Waals surface area contributed by atoms with Gasteiger partial charge in [0.1, 0.15) is 10.9 Å². The largest absolute Gasteiger partial charge is 0.480 e. The number of aryl methyl sites for hydroxylation is 2. The molecule has 7 heteroatoms. The molecule has 1 aromatic heterocycles. The summed E-state index contributed by atoms with van der Waals surface area (Å²) in [6.07, 6.45) is 0.949. The van der Waals surface area contributed by atoms with Gasteiger partial charge in [0, 0.05) is 21.5 Å². The van der Waals surface area contributed by atoms with E-state index in [4.69, 9.17) is 0 Å². The van der Waals surface area contributed by atoms with E-state index in [0.717, 1.165) is 14.6 Å². The zero-order chi connectivity index (χ0) is 16.1. The Labute approximate surface area is 133 Å². The van der Waals surface area contributed by atoms with Crippen LogP contribution in [0.2, 0.25) is 0 Å². The SMILES string of the molecule is Cc1sc2c(C)cccc2c1S(=O)(=O)N1CCC[C@@H]1C(=O)O. The van der Waals surface area contributed by atoms with Gasteiger partial charge in [0.15, 0.2) is 0 Å². The molecule has 1 atom stereocenters. The molecule has 1 aromatic carbocycles. The summed E-state index contributed by atoms with van der Waals surface area (Å²) >= 11 is 1.45. The minimum Gasteiger partial charge on any atom is -0.480 e. The normalized spacial score (nSPS) is 19.8. The second-order valence-corrected chi connectivity index (χ2v) is 8.60. The molecule has 2 aromatic rings. The second-order valence-electron chi connectivity index (χ2n) is 5.55. The van der Waals surface area contributed by atoms with Crippen LogP contribution in [-0.2, 0) is 14.8 Å². The molecule has 3 rings (SSSR count). The molecule has 0 amide bonds. The molecule has 118 valence electrons. The number of hydrogen-bond acceptors (Lipinski definition) is 4. The van der Waals surface area contributed by atoms with Gasteiger partial charge in [0.2, 0.25) is 10.0 Å². The van der Waals surface area contributed by atoms with E-state index in [-0.39, 0.29) is 11.4 Å². The molecule has 1 saturated heterocycles. The van der Waals surface area contributed by atoms with Crippen LogP contribution in [0.25, 0.3) is 10.1 Å². The van der Waals surface area contributed by atoms with E-state index in [0.29, 0.717) is 23.1 Å². The van der Waals surface area contributed by atoms with Crippen LogP contribution >= 0.6 is 11.3 Å². The zero-order valence-electron chi connectivity index (χ0n) is 12.4.